The zero-order valence-corrected chi connectivity index (χ0v) is 5.13. The van der Waals surface area contributed by atoms with E-state index >= 15 is 0 Å². The van der Waals surface area contributed by atoms with Crippen LogP contribution in [0, 0.1) is 6.92 Å². The maximum absolute atomic E-state index is 4.87. The van der Waals surface area contributed by atoms with Crippen molar-refractivity contribution in [2.75, 3.05) is 0 Å². The van der Waals surface area contributed by atoms with Gasteiger partial charge in [-0.25, -0.2) is 10.9 Å². The molecule has 1 rings (SSSR count). The molecule has 0 amide bonds. The highest BCUT2D eigenvalue weighted by molar-refractivity contribution is 5.02. The lowest BCUT2D eigenvalue weighted by Gasteiger charge is -1.90. The lowest BCUT2D eigenvalue weighted by Crippen LogP contribution is -1.99. The van der Waals surface area contributed by atoms with E-state index in [4.69, 9.17) is 10.3 Å². The number of hydrogen-bond acceptors (Lipinski definition) is 4. The summed E-state index contributed by atoms with van der Waals surface area (Å²) in [6.45, 7) is 2.11. The fourth-order valence-corrected chi connectivity index (χ4v) is 0.546. The Kier molecular flexibility index (Phi) is 1.81. The molecule has 0 bridgehead atoms. The van der Waals surface area contributed by atoms with Crippen molar-refractivity contribution >= 4 is 0 Å². The van der Waals surface area contributed by atoms with E-state index in [1.54, 1.807) is 6.92 Å². The van der Waals surface area contributed by atoms with Gasteiger partial charge in [0.05, 0.1) is 0 Å². The molecule has 1 aromatic heterocycles. The summed E-state index contributed by atoms with van der Waals surface area (Å²) in [7, 11) is 0. The van der Waals surface area contributed by atoms with Gasteiger partial charge in [0.15, 0.2) is 6.39 Å². The van der Waals surface area contributed by atoms with Crippen LogP contribution in [0.3, 0.4) is 0 Å². The van der Waals surface area contributed by atoms with Crippen LogP contribution in [0.2, 0.25) is 0 Å². The molecule has 1 heterocycles. The molecule has 0 aliphatic heterocycles. The molecule has 0 radical (unpaired) electrons. The zero-order chi connectivity index (χ0) is 6.69. The molecule has 4 nitrogen and oxygen atoms in total. The molecule has 0 saturated heterocycles. The standard InChI is InChI=1S/C5H8N2O2/c1-4-5(2-9-6)7-3-8-4/h3H,2,6H2,1H3. The van der Waals surface area contributed by atoms with Gasteiger partial charge in [0.1, 0.15) is 18.1 Å². The topological polar surface area (TPSA) is 61.3 Å². The fraction of sp³-hybridized carbons (Fsp3) is 0.400. The molecule has 4 heteroatoms. The van der Waals surface area contributed by atoms with Crippen molar-refractivity contribution in [2.45, 2.75) is 13.5 Å². The number of oxazole rings is 1. The lowest BCUT2D eigenvalue weighted by atomic mass is 10.4. The van der Waals surface area contributed by atoms with Crippen molar-refractivity contribution in [1.29, 1.82) is 0 Å². The third kappa shape index (κ3) is 1.28. The average Bonchev–Trinajstić information content (AvgIpc) is 2.18. The van der Waals surface area contributed by atoms with Crippen LogP contribution in [0.25, 0.3) is 0 Å². The SMILES string of the molecule is Cc1ocnc1CON. The molecule has 0 fully saturated rings. The van der Waals surface area contributed by atoms with Gasteiger partial charge < -0.3 is 4.42 Å². The highest BCUT2D eigenvalue weighted by Gasteiger charge is 2.00. The molecule has 0 unspecified atom stereocenters. The highest BCUT2D eigenvalue weighted by Crippen LogP contribution is 2.03. The zero-order valence-electron chi connectivity index (χ0n) is 5.13. The molecule has 50 valence electrons. The molecule has 2 N–H and O–H groups in total. The number of nitrogens with zero attached hydrogens (tertiary/aromatic N) is 1. The first-order valence-corrected chi connectivity index (χ1v) is 2.55. The number of hydrogen-bond donors (Lipinski definition) is 1. The number of aryl methyl sites for hydroxylation is 1. The predicted molar refractivity (Wildman–Crippen MR) is 30.2 cm³/mol. The van der Waals surface area contributed by atoms with Crippen LogP contribution in [0.5, 0.6) is 0 Å². The first-order valence-electron chi connectivity index (χ1n) is 2.55. The molecule has 1 aromatic rings. The minimum Gasteiger partial charge on any atom is -0.448 e. The molecular formula is C5H8N2O2. The van der Waals surface area contributed by atoms with Crippen molar-refractivity contribution in [3.63, 3.8) is 0 Å². The number of nitrogens with two attached hydrogens (primary N) is 1. The molecular weight excluding hydrogens is 120 g/mol. The lowest BCUT2D eigenvalue weighted by molar-refractivity contribution is 0.120. The maximum atomic E-state index is 4.87. The Bertz CT molecular complexity index is 185. The second kappa shape index (κ2) is 2.61. The minimum absolute atomic E-state index is 0.308. The van der Waals surface area contributed by atoms with E-state index in [9.17, 15) is 0 Å². The molecule has 0 spiro atoms. The van der Waals surface area contributed by atoms with Crippen molar-refractivity contribution in [3.8, 4) is 0 Å². The first-order chi connectivity index (χ1) is 4.34. The van der Waals surface area contributed by atoms with Gasteiger partial charge in [-0.1, -0.05) is 0 Å². The average molecular weight is 128 g/mol. The van der Waals surface area contributed by atoms with Crippen LogP contribution in [0.4, 0.5) is 0 Å². The van der Waals surface area contributed by atoms with Crippen LogP contribution < -0.4 is 5.90 Å². The van der Waals surface area contributed by atoms with Gasteiger partial charge in [0.25, 0.3) is 0 Å². The van der Waals surface area contributed by atoms with E-state index in [1.165, 1.54) is 6.39 Å². The summed E-state index contributed by atoms with van der Waals surface area (Å²) in [6, 6.07) is 0. The van der Waals surface area contributed by atoms with E-state index in [0.717, 1.165) is 11.5 Å². The van der Waals surface area contributed by atoms with Gasteiger partial charge in [0, 0.05) is 0 Å². The summed E-state index contributed by atoms with van der Waals surface area (Å²) in [5.41, 5.74) is 0.748. The summed E-state index contributed by atoms with van der Waals surface area (Å²) in [5, 5.41) is 0. The minimum atomic E-state index is 0.308. The Balaban J connectivity index is 2.69. The van der Waals surface area contributed by atoms with Crippen molar-refractivity contribution in [2.24, 2.45) is 5.90 Å². The number of aromatic nitrogens is 1. The quantitative estimate of drug-likeness (QED) is 0.584. The summed E-state index contributed by atoms with van der Waals surface area (Å²) in [6.07, 6.45) is 1.36. The summed E-state index contributed by atoms with van der Waals surface area (Å²) >= 11 is 0. The maximum Gasteiger partial charge on any atom is 0.181 e. The summed E-state index contributed by atoms with van der Waals surface area (Å²) in [4.78, 5) is 8.18. The fourth-order valence-electron chi connectivity index (χ4n) is 0.546. The van der Waals surface area contributed by atoms with Gasteiger partial charge in [-0.2, -0.15) is 0 Å². The monoisotopic (exact) mass is 128 g/mol. The molecule has 0 aliphatic carbocycles. The van der Waals surface area contributed by atoms with Crippen LogP contribution in [0.1, 0.15) is 11.5 Å². The van der Waals surface area contributed by atoms with Crippen LogP contribution in [0.15, 0.2) is 10.8 Å². The predicted octanol–water partition coefficient (Wildman–Crippen LogP) is 0.373. The Morgan fingerprint density at radius 2 is 2.67 bits per heavy atom. The summed E-state index contributed by atoms with van der Waals surface area (Å²) in [5.74, 6) is 5.56. The van der Waals surface area contributed by atoms with Crippen molar-refractivity contribution in [3.05, 3.63) is 17.8 Å². The molecule has 0 aliphatic rings. The Hall–Kier alpha value is -0.870. The van der Waals surface area contributed by atoms with E-state index in [0.29, 0.717) is 6.61 Å². The largest absolute Gasteiger partial charge is 0.448 e. The Morgan fingerprint density at radius 3 is 3.11 bits per heavy atom. The molecule has 0 aromatic carbocycles. The van der Waals surface area contributed by atoms with Crippen LogP contribution >= 0.6 is 0 Å². The molecule has 0 saturated carbocycles. The first kappa shape index (κ1) is 6.25. The van der Waals surface area contributed by atoms with Crippen molar-refractivity contribution in [1.82, 2.24) is 4.98 Å². The van der Waals surface area contributed by atoms with Crippen LogP contribution in [-0.4, -0.2) is 4.98 Å². The van der Waals surface area contributed by atoms with Crippen LogP contribution in [-0.2, 0) is 11.4 Å². The third-order valence-corrected chi connectivity index (χ3v) is 1.06. The van der Waals surface area contributed by atoms with E-state index in [2.05, 4.69) is 9.82 Å². The normalized spacial score (nSPS) is 10.0. The Labute approximate surface area is 52.6 Å². The summed E-state index contributed by atoms with van der Waals surface area (Å²) < 4.78 is 4.87. The smallest absolute Gasteiger partial charge is 0.181 e. The third-order valence-electron chi connectivity index (χ3n) is 1.06. The second-order valence-corrected chi connectivity index (χ2v) is 1.67. The van der Waals surface area contributed by atoms with Gasteiger partial charge >= 0.3 is 0 Å². The van der Waals surface area contributed by atoms with E-state index in [1.807, 2.05) is 0 Å². The van der Waals surface area contributed by atoms with Gasteiger partial charge in [-0.05, 0) is 6.92 Å². The molecule has 9 heavy (non-hydrogen) atoms. The van der Waals surface area contributed by atoms with Crippen molar-refractivity contribution < 1.29 is 9.25 Å². The van der Waals surface area contributed by atoms with Gasteiger partial charge in [-0.15, -0.1) is 0 Å². The van der Waals surface area contributed by atoms with Gasteiger partial charge in [-0.3, -0.25) is 4.84 Å². The Morgan fingerprint density at radius 1 is 1.89 bits per heavy atom. The second-order valence-electron chi connectivity index (χ2n) is 1.67. The molecule has 0 atom stereocenters. The van der Waals surface area contributed by atoms with Gasteiger partial charge in [0.2, 0.25) is 0 Å². The van der Waals surface area contributed by atoms with E-state index < -0.39 is 0 Å². The van der Waals surface area contributed by atoms with E-state index in [-0.39, 0.29) is 0 Å². The highest BCUT2D eigenvalue weighted by atomic mass is 16.6. The number of rotatable bonds is 2.